The van der Waals surface area contributed by atoms with Gasteiger partial charge in [0.2, 0.25) is 0 Å². The standard InChI is InChI=1S/C26H31NO3/c1-18(26(27)25(30)16-7-19-5-3-2-4-6-19)17-24(20-8-12-22(28)13-9-20)21-10-14-23(29)15-11-21/h2-6,8-15,18,24-26,28-30H,7,16-17,27H2,1H3. The highest BCUT2D eigenvalue weighted by atomic mass is 16.3. The van der Waals surface area contributed by atoms with Gasteiger partial charge in [0.1, 0.15) is 11.5 Å². The second-order valence-electron chi connectivity index (χ2n) is 8.12. The van der Waals surface area contributed by atoms with Crippen molar-refractivity contribution in [3.8, 4) is 11.5 Å². The molecule has 0 saturated carbocycles. The molecule has 3 unspecified atom stereocenters. The zero-order chi connectivity index (χ0) is 21.5. The summed E-state index contributed by atoms with van der Waals surface area (Å²) in [7, 11) is 0. The van der Waals surface area contributed by atoms with Gasteiger partial charge in [-0.25, -0.2) is 0 Å². The normalized spacial score (nSPS) is 14.4. The third kappa shape index (κ3) is 5.85. The van der Waals surface area contributed by atoms with Gasteiger partial charge in [-0.3, -0.25) is 0 Å². The van der Waals surface area contributed by atoms with E-state index in [-0.39, 0.29) is 29.4 Å². The Morgan fingerprint density at radius 3 is 1.77 bits per heavy atom. The van der Waals surface area contributed by atoms with Crippen LogP contribution in [0.2, 0.25) is 0 Å². The van der Waals surface area contributed by atoms with Crippen LogP contribution in [0.3, 0.4) is 0 Å². The number of aliphatic hydroxyl groups excluding tert-OH is 1. The van der Waals surface area contributed by atoms with Crippen LogP contribution >= 0.6 is 0 Å². The summed E-state index contributed by atoms with van der Waals surface area (Å²) in [6.45, 7) is 2.07. The number of benzene rings is 3. The van der Waals surface area contributed by atoms with E-state index in [4.69, 9.17) is 5.73 Å². The Hall–Kier alpha value is -2.82. The Kier molecular flexibility index (Phi) is 7.50. The number of phenols is 2. The van der Waals surface area contributed by atoms with Gasteiger partial charge in [0.15, 0.2) is 0 Å². The molecule has 0 aromatic heterocycles. The first-order chi connectivity index (χ1) is 14.4. The first-order valence-corrected chi connectivity index (χ1v) is 10.5. The minimum Gasteiger partial charge on any atom is -0.508 e. The molecule has 0 aliphatic heterocycles. The number of hydrogen-bond donors (Lipinski definition) is 4. The molecule has 30 heavy (non-hydrogen) atoms. The summed E-state index contributed by atoms with van der Waals surface area (Å²) in [5.74, 6) is 0.575. The molecule has 0 heterocycles. The summed E-state index contributed by atoms with van der Waals surface area (Å²) in [6, 6.07) is 24.2. The van der Waals surface area contributed by atoms with Crippen LogP contribution in [0.1, 0.15) is 42.4 Å². The third-order valence-corrected chi connectivity index (χ3v) is 5.87. The van der Waals surface area contributed by atoms with E-state index in [1.807, 2.05) is 42.5 Å². The quantitative estimate of drug-likeness (QED) is 0.420. The van der Waals surface area contributed by atoms with Crippen LogP contribution < -0.4 is 5.73 Å². The lowest BCUT2D eigenvalue weighted by atomic mass is 9.80. The SMILES string of the molecule is CC(CC(c1ccc(O)cc1)c1ccc(O)cc1)C(N)C(O)CCc1ccccc1. The number of phenolic OH excluding ortho intramolecular Hbond substituents is 2. The van der Waals surface area contributed by atoms with E-state index in [0.29, 0.717) is 6.42 Å². The van der Waals surface area contributed by atoms with Crippen molar-refractivity contribution in [2.24, 2.45) is 11.7 Å². The minimum atomic E-state index is -0.583. The summed E-state index contributed by atoms with van der Waals surface area (Å²) in [5, 5.41) is 30.0. The molecule has 0 aliphatic carbocycles. The van der Waals surface area contributed by atoms with E-state index in [1.54, 1.807) is 24.3 Å². The van der Waals surface area contributed by atoms with Gasteiger partial charge in [-0.2, -0.15) is 0 Å². The van der Waals surface area contributed by atoms with Gasteiger partial charge in [-0.15, -0.1) is 0 Å². The van der Waals surface area contributed by atoms with E-state index in [1.165, 1.54) is 5.56 Å². The molecule has 4 heteroatoms. The topological polar surface area (TPSA) is 86.7 Å². The first kappa shape index (κ1) is 21.9. The molecule has 0 amide bonds. The number of aryl methyl sites for hydroxylation is 1. The van der Waals surface area contributed by atoms with E-state index in [0.717, 1.165) is 24.0 Å². The van der Waals surface area contributed by atoms with Crippen molar-refractivity contribution in [1.29, 1.82) is 0 Å². The Balaban J connectivity index is 1.70. The van der Waals surface area contributed by atoms with Crippen LogP contribution in [0.5, 0.6) is 11.5 Å². The van der Waals surface area contributed by atoms with Crippen molar-refractivity contribution in [3.05, 3.63) is 95.6 Å². The molecule has 0 fully saturated rings. The molecule has 3 aromatic carbocycles. The minimum absolute atomic E-state index is 0.0496. The highest BCUT2D eigenvalue weighted by Gasteiger charge is 2.26. The fourth-order valence-electron chi connectivity index (χ4n) is 3.94. The predicted molar refractivity (Wildman–Crippen MR) is 121 cm³/mol. The average Bonchev–Trinajstić information content (AvgIpc) is 2.77. The lowest BCUT2D eigenvalue weighted by Gasteiger charge is -2.29. The maximum absolute atomic E-state index is 10.7. The fraction of sp³-hybridized carbons (Fsp3) is 0.308. The number of nitrogens with two attached hydrogens (primary N) is 1. The zero-order valence-electron chi connectivity index (χ0n) is 17.4. The van der Waals surface area contributed by atoms with Crippen molar-refractivity contribution in [1.82, 2.24) is 0 Å². The third-order valence-electron chi connectivity index (χ3n) is 5.87. The Morgan fingerprint density at radius 2 is 1.27 bits per heavy atom. The number of hydrogen-bond acceptors (Lipinski definition) is 4. The van der Waals surface area contributed by atoms with E-state index in [2.05, 4.69) is 19.1 Å². The maximum atomic E-state index is 10.7. The summed E-state index contributed by atoms with van der Waals surface area (Å²) in [6.07, 6.45) is 1.58. The molecule has 0 spiro atoms. The van der Waals surface area contributed by atoms with E-state index < -0.39 is 6.10 Å². The second-order valence-corrected chi connectivity index (χ2v) is 8.12. The molecule has 3 aromatic rings. The Bertz CT molecular complexity index is 848. The first-order valence-electron chi connectivity index (χ1n) is 10.5. The van der Waals surface area contributed by atoms with Crippen LogP contribution in [-0.4, -0.2) is 27.5 Å². The van der Waals surface area contributed by atoms with Gasteiger partial charge < -0.3 is 21.1 Å². The van der Waals surface area contributed by atoms with Crippen molar-refractivity contribution >= 4 is 0 Å². The number of aromatic hydroxyl groups is 2. The molecular formula is C26H31NO3. The summed E-state index contributed by atoms with van der Waals surface area (Å²) in [4.78, 5) is 0. The van der Waals surface area contributed by atoms with Gasteiger partial charge in [0.25, 0.3) is 0 Å². The largest absolute Gasteiger partial charge is 0.508 e. The molecule has 158 valence electrons. The maximum Gasteiger partial charge on any atom is 0.115 e. The van der Waals surface area contributed by atoms with E-state index >= 15 is 0 Å². The van der Waals surface area contributed by atoms with Gasteiger partial charge >= 0.3 is 0 Å². The van der Waals surface area contributed by atoms with Crippen LogP contribution in [0.4, 0.5) is 0 Å². The number of aliphatic hydroxyl groups is 1. The molecule has 0 aliphatic rings. The van der Waals surface area contributed by atoms with Gasteiger partial charge in [0.05, 0.1) is 6.10 Å². The van der Waals surface area contributed by atoms with Crippen molar-refractivity contribution in [2.45, 2.75) is 44.2 Å². The highest BCUT2D eigenvalue weighted by molar-refractivity contribution is 5.37. The van der Waals surface area contributed by atoms with Crippen LogP contribution in [-0.2, 0) is 6.42 Å². The lowest BCUT2D eigenvalue weighted by Crippen LogP contribution is -2.41. The smallest absolute Gasteiger partial charge is 0.115 e. The van der Waals surface area contributed by atoms with Gasteiger partial charge in [-0.05, 0) is 66.1 Å². The molecular weight excluding hydrogens is 374 g/mol. The van der Waals surface area contributed by atoms with Crippen molar-refractivity contribution in [3.63, 3.8) is 0 Å². The predicted octanol–water partition coefficient (Wildman–Crippen LogP) is 4.58. The van der Waals surface area contributed by atoms with Crippen LogP contribution in [0.25, 0.3) is 0 Å². The van der Waals surface area contributed by atoms with Crippen molar-refractivity contribution < 1.29 is 15.3 Å². The summed E-state index contributed by atoms with van der Waals surface area (Å²) in [5.41, 5.74) is 9.78. The highest BCUT2D eigenvalue weighted by Crippen LogP contribution is 2.34. The Labute approximate surface area is 178 Å². The molecule has 3 atom stereocenters. The molecule has 4 nitrogen and oxygen atoms in total. The average molecular weight is 406 g/mol. The monoisotopic (exact) mass is 405 g/mol. The second kappa shape index (κ2) is 10.3. The van der Waals surface area contributed by atoms with Gasteiger partial charge in [0, 0.05) is 12.0 Å². The molecule has 3 rings (SSSR count). The number of rotatable bonds is 9. The van der Waals surface area contributed by atoms with Crippen molar-refractivity contribution in [2.75, 3.05) is 0 Å². The van der Waals surface area contributed by atoms with Crippen LogP contribution in [0.15, 0.2) is 78.9 Å². The summed E-state index contributed by atoms with van der Waals surface area (Å²) >= 11 is 0. The van der Waals surface area contributed by atoms with Gasteiger partial charge in [-0.1, -0.05) is 61.5 Å². The Morgan fingerprint density at radius 1 is 0.767 bits per heavy atom. The molecule has 0 radical (unpaired) electrons. The van der Waals surface area contributed by atoms with Crippen LogP contribution in [0, 0.1) is 5.92 Å². The lowest BCUT2D eigenvalue weighted by molar-refractivity contribution is 0.109. The van der Waals surface area contributed by atoms with E-state index in [9.17, 15) is 15.3 Å². The molecule has 0 bridgehead atoms. The zero-order valence-corrected chi connectivity index (χ0v) is 17.4. The molecule has 5 N–H and O–H groups in total. The molecule has 0 saturated heterocycles. The summed E-state index contributed by atoms with van der Waals surface area (Å²) < 4.78 is 0. The fourth-order valence-corrected chi connectivity index (χ4v) is 3.94.